The van der Waals surface area contributed by atoms with E-state index in [9.17, 15) is 0 Å². The van der Waals surface area contributed by atoms with Crippen LogP contribution in [0, 0.1) is 13.8 Å². The smallest absolute Gasteiger partial charge is 0.145 e. The Morgan fingerprint density at radius 3 is 2.61 bits per heavy atom. The Labute approximate surface area is 120 Å². The third kappa shape index (κ3) is 3.13. The summed E-state index contributed by atoms with van der Waals surface area (Å²) in [6.07, 6.45) is -0.0655. The van der Waals surface area contributed by atoms with Crippen LogP contribution in [-0.2, 0) is 0 Å². The Balaban J connectivity index is 2.17. The predicted molar refractivity (Wildman–Crippen MR) is 80.4 cm³/mol. The van der Waals surface area contributed by atoms with Gasteiger partial charge in [0, 0.05) is 20.8 Å². The second kappa shape index (κ2) is 5.87. The van der Waals surface area contributed by atoms with Gasteiger partial charge in [0.2, 0.25) is 0 Å². The zero-order valence-corrected chi connectivity index (χ0v) is 12.8. The molecule has 0 radical (unpaired) electrons. The van der Waals surface area contributed by atoms with Crippen LogP contribution >= 0.6 is 27.3 Å². The highest BCUT2D eigenvalue weighted by Crippen LogP contribution is 2.29. The number of aryl methyl sites for hydroxylation is 2. The number of ether oxygens (including phenoxy) is 1. The number of hydrogen-bond acceptors (Lipinski definition) is 3. The molecule has 0 aliphatic rings. The summed E-state index contributed by atoms with van der Waals surface area (Å²) < 4.78 is 7.05. The van der Waals surface area contributed by atoms with Crippen molar-refractivity contribution in [2.45, 2.75) is 20.0 Å². The van der Waals surface area contributed by atoms with Crippen LogP contribution in [-0.4, -0.2) is 6.54 Å². The Morgan fingerprint density at radius 2 is 2.06 bits per heavy atom. The molecule has 0 aliphatic heterocycles. The van der Waals surface area contributed by atoms with Gasteiger partial charge in [-0.05, 0) is 49.7 Å². The van der Waals surface area contributed by atoms with Gasteiger partial charge in [0.25, 0.3) is 0 Å². The maximum atomic E-state index is 5.96. The summed E-state index contributed by atoms with van der Waals surface area (Å²) >= 11 is 5.22. The molecule has 1 atom stereocenters. The highest BCUT2D eigenvalue weighted by atomic mass is 79.9. The van der Waals surface area contributed by atoms with E-state index >= 15 is 0 Å². The van der Waals surface area contributed by atoms with Crippen molar-refractivity contribution in [3.8, 4) is 5.75 Å². The highest BCUT2D eigenvalue weighted by molar-refractivity contribution is 9.10. The fourth-order valence-electron chi connectivity index (χ4n) is 1.70. The molecule has 1 unspecified atom stereocenters. The van der Waals surface area contributed by atoms with E-state index < -0.39 is 0 Å². The fourth-order valence-corrected chi connectivity index (χ4v) is 2.87. The lowest BCUT2D eigenvalue weighted by atomic mass is 10.2. The van der Waals surface area contributed by atoms with Crippen molar-refractivity contribution in [3.63, 3.8) is 0 Å². The predicted octanol–water partition coefficient (Wildman–Crippen LogP) is 4.21. The van der Waals surface area contributed by atoms with Crippen LogP contribution in [0.3, 0.4) is 0 Å². The van der Waals surface area contributed by atoms with Crippen LogP contribution in [0.15, 0.2) is 34.8 Å². The molecule has 0 saturated heterocycles. The van der Waals surface area contributed by atoms with E-state index in [1.54, 1.807) is 11.3 Å². The van der Waals surface area contributed by atoms with Crippen molar-refractivity contribution in [1.82, 2.24) is 0 Å². The molecule has 0 aliphatic carbocycles. The molecule has 2 nitrogen and oxygen atoms in total. The SMILES string of the molecule is Cc1ccc(C(CN)Oc2ccc(Br)c(C)c2)s1. The number of benzene rings is 1. The maximum absolute atomic E-state index is 5.96. The molecule has 2 aromatic rings. The molecule has 4 heteroatoms. The average molecular weight is 326 g/mol. The lowest BCUT2D eigenvalue weighted by molar-refractivity contribution is 0.218. The minimum Gasteiger partial charge on any atom is -0.484 e. The molecule has 1 heterocycles. The summed E-state index contributed by atoms with van der Waals surface area (Å²) in [5.41, 5.74) is 6.96. The van der Waals surface area contributed by atoms with Gasteiger partial charge in [0.05, 0.1) is 0 Å². The van der Waals surface area contributed by atoms with Crippen LogP contribution in [0.2, 0.25) is 0 Å². The van der Waals surface area contributed by atoms with E-state index in [-0.39, 0.29) is 6.10 Å². The monoisotopic (exact) mass is 325 g/mol. The third-order valence-corrected chi connectivity index (χ3v) is 4.68. The number of nitrogens with two attached hydrogens (primary N) is 1. The van der Waals surface area contributed by atoms with E-state index in [1.165, 1.54) is 9.75 Å². The van der Waals surface area contributed by atoms with Crippen LogP contribution in [0.1, 0.15) is 21.4 Å². The van der Waals surface area contributed by atoms with Crippen molar-refractivity contribution >= 4 is 27.3 Å². The first kappa shape index (κ1) is 13.6. The van der Waals surface area contributed by atoms with Crippen molar-refractivity contribution in [2.24, 2.45) is 5.73 Å². The molecule has 96 valence electrons. The van der Waals surface area contributed by atoms with Gasteiger partial charge in [-0.2, -0.15) is 0 Å². The number of rotatable bonds is 4. The van der Waals surface area contributed by atoms with Crippen molar-refractivity contribution in [3.05, 3.63) is 50.1 Å². The highest BCUT2D eigenvalue weighted by Gasteiger charge is 2.13. The van der Waals surface area contributed by atoms with Crippen molar-refractivity contribution < 1.29 is 4.74 Å². The summed E-state index contributed by atoms with van der Waals surface area (Å²) in [6.45, 7) is 4.62. The number of thiophene rings is 1. The minimum absolute atomic E-state index is 0.0655. The van der Waals surface area contributed by atoms with Crippen LogP contribution < -0.4 is 10.5 Å². The topological polar surface area (TPSA) is 35.2 Å². The number of halogens is 1. The van der Waals surface area contributed by atoms with E-state index in [2.05, 4.69) is 35.0 Å². The Kier molecular flexibility index (Phi) is 4.43. The van der Waals surface area contributed by atoms with Gasteiger partial charge >= 0.3 is 0 Å². The van der Waals surface area contributed by atoms with E-state index in [0.29, 0.717) is 6.54 Å². The molecule has 0 bridgehead atoms. The Morgan fingerprint density at radius 1 is 1.28 bits per heavy atom. The molecule has 1 aromatic carbocycles. The van der Waals surface area contributed by atoms with Crippen LogP contribution in [0.4, 0.5) is 0 Å². The van der Waals surface area contributed by atoms with Gasteiger partial charge < -0.3 is 10.5 Å². The van der Waals surface area contributed by atoms with E-state index in [4.69, 9.17) is 10.5 Å². The first-order valence-electron chi connectivity index (χ1n) is 5.79. The van der Waals surface area contributed by atoms with Gasteiger partial charge in [0.1, 0.15) is 11.9 Å². The molecule has 18 heavy (non-hydrogen) atoms. The molecule has 0 amide bonds. The summed E-state index contributed by atoms with van der Waals surface area (Å²) in [7, 11) is 0. The maximum Gasteiger partial charge on any atom is 0.145 e. The second-order valence-corrected chi connectivity index (χ2v) is 6.38. The molecular weight excluding hydrogens is 310 g/mol. The van der Waals surface area contributed by atoms with Gasteiger partial charge in [-0.3, -0.25) is 0 Å². The van der Waals surface area contributed by atoms with Gasteiger partial charge in [-0.25, -0.2) is 0 Å². The summed E-state index contributed by atoms with van der Waals surface area (Å²) in [6, 6.07) is 10.2. The standard InChI is InChI=1S/C14H16BrNOS/c1-9-7-11(4-5-12(9)15)17-13(8-16)14-6-3-10(2)18-14/h3-7,13H,8,16H2,1-2H3. The van der Waals surface area contributed by atoms with Crippen molar-refractivity contribution in [1.29, 1.82) is 0 Å². The van der Waals surface area contributed by atoms with E-state index in [1.807, 2.05) is 25.1 Å². The quantitative estimate of drug-likeness (QED) is 0.914. The van der Waals surface area contributed by atoms with Gasteiger partial charge in [0.15, 0.2) is 0 Å². The average Bonchev–Trinajstić information content (AvgIpc) is 2.77. The normalized spacial score (nSPS) is 12.4. The molecule has 1 aromatic heterocycles. The number of hydrogen-bond donors (Lipinski definition) is 1. The largest absolute Gasteiger partial charge is 0.484 e. The second-order valence-electron chi connectivity index (χ2n) is 4.20. The first-order valence-corrected chi connectivity index (χ1v) is 7.40. The molecule has 0 spiro atoms. The summed E-state index contributed by atoms with van der Waals surface area (Å²) in [4.78, 5) is 2.45. The lowest BCUT2D eigenvalue weighted by Gasteiger charge is -2.16. The van der Waals surface area contributed by atoms with Gasteiger partial charge in [-0.15, -0.1) is 11.3 Å². The zero-order valence-electron chi connectivity index (χ0n) is 10.4. The molecular formula is C14H16BrNOS. The fraction of sp³-hybridized carbons (Fsp3) is 0.286. The van der Waals surface area contributed by atoms with Crippen LogP contribution in [0.25, 0.3) is 0 Å². The molecule has 2 rings (SSSR count). The van der Waals surface area contributed by atoms with Crippen LogP contribution in [0.5, 0.6) is 5.75 Å². The third-order valence-electron chi connectivity index (χ3n) is 2.70. The first-order chi connectivity index (χ1) is 8.60. The Bertz CT molecular complexity index is 538. The van der Waals surface area contributed by atoms with Gasteiger partial charge in [-0.1, -0.05) is 15.9 Å². The van der Waals surface area contributed by atoms with E-state index in [0.717, 1.165) is 15.8 Å². The molecule has 0 saturated carbocycles. The molecule has 0 fully saturated rings. The minimum atomic E-state index is -0.0655. The Hall–Kier alpha value is -0.840. The summed E-state index contributed by atoms with van der Waals surface area (Å²) in [5.74, 6) is 0.859. The summed E-state index contributed by atoms with van der Waals surface area (Å²) in [5, 5.41) is 0. The lowest BCUT2D eigenvalue weighted by Crippen LogP contribution is -2.17. The zero-order chi connectivity index (χ0) is 13.1. The van der Waals surface area contributed by atoms with Crippen molar-refractivity contribution in [2.75, 3.05) is 6.54 Å². The molecule has 2 N–H and O–H groups in total.